The van der Waals surface area contributed by atoms with Crippen LogP contribution in [-0.4, -0.2) is 19.2 Å². The Labute approximate surface area is 131 Å². The topological polar surface area (TPSA) is 47.3 Å². The molecule has 4 heteroatoms. The molecule has 0 radical (unpaired) electrons. The molecule has 3 rings (SSSR count). The number of ether oxygens (including phenoxy) is 1. The molecule has 1 heterocycles. The van der Waals surface area contributed by atoms with Crippen molar-refractivity contribution >= 4 is 18.1 Å². The summed E-state index contributed by atoms with van der Waals surface area (Å²) in [6.07, 6.45) is 1.23. The number of nitrogens with two attached hydrogens (primary N) is 1. The van der Waals surface area contributed by atoms with Crippen LogP contribution in [0.25, 0.3) is 0 Å². The third-order valence-corrected chi connectivity index (χ3v) is 3.81. The fourth-order valence-electron chi connectivity index (χ4n) is 2.73. The van der Waals surface area contributed by atoms with E-state index in [9.17, 15) is 0 Å². The second-order valence-electron chi connectivity index (χ2n) is 5.24. The minimum absolute atomic E-state index is 0. The first-order chi connectivity index (χ1) is 9.83. The van der Waals surface area contributed by atoms with Gasteiger partial charge in [0.15, 0.2) is 0 Å². The van der Waals surface area contributed by atoms with Crippen LogP contribution >= 0.6 is 12.4 Å². The molecule has 2 aromatic carbocycles. The predicted molar refractivity (Wildman–Crippen MR) is 89.2 cm³/mol. The van der Waals surface area contributed by atoms with E-state index in [0.29, 0.717) is 5.92 Å². The SMILES string of the molecule is Cl.Nc1ccc(O[C@H]2CCNC[C@H]2c2ccccc2)cc1. The van der Waals surface area contributed by atoms with Gasteiger partial charge < -0.3 is 15.8 Å². The van der Waals surface area contributed by atoms with Crippen LogP contribution in [-0.2, 0) is 0 Å². The Morgan fingerprint density at radius 1 is 1.00 bits per heavy atom. The van der Waals surface area contributed by atoms with Crippen molar-refractivity contribution in [2.45, 2.75) is 18.4 Å². The standard InChI is InChI=1S/C17H20N2O.ClH/c18-14-6-8-15(9-7-14)20-17-10-11-19-12-16(17)13-4-2-1-3-5-13;/h1-9,16-17,19H,10-12,18H2;1H/t16-,17-;/m0./s1. The van der Waals surface area contributed by atoms with Gasteiger partial charge in [0.1, 0.15) is 11.9 Å². The van der Waals surface area contributed by atoms with Gasteiger partial charge in [-0.3, -0.25) is 0 Å². The van der Waals surface area contributed by atoms with Crippen molar-refractivity contribution in [1.29, 1.82) is 0 Å². The number of nitrogens with one attached hydrogen (secondary N) is 1. The maximum absolute atomic E-state index is 6.18. The number of rotatable bonds is 3. The van der Waals surface area contributed by atoms with Gasteiger partial charge in [0.05, 0.1) is 0 Å². The maximum Gasteiger partial charge on any atom is 0.119 e. The average Bonchev–Trinajstić information content (AvgIpc) is 2.51. The number of hydrogen-bond acceptors (Lipinski definition) is 3. The van der Waals surface area contributed by atoms with Crippen molar-refractivity contribution in [1.82, 2.24) is 5.32 Å². The highest BCUT2D eigenvalue weighted by Crippen LogP contribution is 2.28. The number of benzene rings is 2. The lowest BCUT2D eigenvalue weighted by Crippen LogP contribution is -2.41. The van der Waals surface area contributed by atoms with E-state index in [2.05, 4.69) is 35.6 Å². The van der Waals surface area contributed by atoms with Crippen LogP contribution in [0.1, 0.15) is 17.9 Å². The van der Waals surface area contributed by atoms with Crippen LogP contribution in [0.5, 0.6) is 5.75 Å². The van der Waals surface area contributed by atoms with Crippen molar-refractivity contribution in [3.8, 4) is 5.75 Å². The highest BCUT2D eigenvalue weighted by Gasteiger charge is 2.27. The van der Waals surface area contributed by atoms with Crippen molar-refractivity contribution in [2.24, 2.45) is 0 Å². The summed E-state index contributed by atoms with van der Waals surface area (Å²) in [5.41, 5.74) is 7.81. The lowest BCUT2D eigenvalue weighted by molar-refractivity contribution is 0.138. The molecule has 1 aliphatic heterocycles. The van der Waals surface area contributed by atoms with Gasteiger partial charge in [-0.05, 0) is 42.8 Å². The first kappa shape index (κ1) is 15.7. The smallest absolute Gasteiger partial charge is 0.119 e. The maximum atomic E-state index is 6.18. The van der Waals surface area contributed by atoms with E-state index < -0.39 is 0 Å². The Balaban J connectivity index is 0.00000161. The van der Waals surface area contributed by atoms with Crippen LogP contribution in [0, 0.1) is 0 Å². The van der Waals surface area contributed by atoms with Gasteiger partial charge in [-0.25, -0.2) is 0 Å². The predicted octanol–water partition coefficient (Wildman–Crippen LogP) is 3.22. The Morgan fingerprint density at radius 2 is 1.71 bits per heavy atom. The lowest BCUT2D eigenvalue weighted by Gasteiger charge is -2.33. The molecule has 112 valence electrons. The summed E-state index contributed by atoms with van der Waals surface area (Å²) in [5, 5.41) is 3.46. The van der Waals surface area contributed by atoms with Crippen LogP contribution in [0.3, 0.4) is 0 Å². The largest absolute Gasteiger partial charge is 0.490 e. The monoisotopic (exact) mass is 304 g/mol. The highest BCUT2D eigenvalue weighted by molar-refractivity contribution is 5.85. The van der Waals surface area contributed by atoms with Gasteiger partial charge in [0.2, 0.25) is 0 Å². The quantitative estimate of drug-likeness (QED) is 0.856. The van der Waals surface area contributed by atoms with Crippen molar-refractivity contribution in [3.05, 3.63) is 60.2 Å². The van der Waals surface area contributed by atoms with Crippen LogP contribution in [0.4, 0.5) is 5.69 Å². The Bertz CT molecular complexity index is 544. The zero-order valence-corrected chi connectivity index (χ0v) is 12.7. The molecule has 1 saturated heterocycles. The second kappa shape index (κ2) is 7.34. The van der Waals surface area contributed by atoms with Crippen molar-refractivity contribution in [2.75, 3.05) is 18.8 Å². The van der Waals surface area contributed by atoms with Gasteiger partial charge in [-0.15, -0.1) is 12.4 Å². The Morgan fingerprint density at radius 3 is 2.43 bits per heavy atom. The second-order valence-corrected chi connectivity index (χ2v) is 5.24. The third kappa shape index (κ3) is 3.90. The van der Waals surface area contributed by atoms with Gasteiger partial charge in [-0.2, -0.15) is 0 Å². The van der Waals surface area contributed by atoms with E-state index in [4.69, 9.17) is 10.5 Å². The van der Waals surface area contributed by atoms with Crippen molar-refractivity contribution in [3.63, 3.8) is 0 Å². The van der Waals surface area contributed by atoms with E-state index in [0.717, 1.165) is 30.9 Å². The molecule has 2 atom stereocenters. The fraction of sp³-hybridized carbons (Fsp3) is 0.294. The summed E-state index contributed by atoms with van der Waals surface area (Å²) in [4.78, 5) is 0. The molecule has 3 N–H and O–H groups in total. The third-order valence-electron chi connectivity index (χ3n) is 3.81. The normalized spacial score (nSPS) is 21.3. The molecule has 1 aliphatic rings. The van der Waals surface area contributed by atoms with Crippen molar-refractivity contribution < 1.29 is 4.74 Å². The Hall–Kier alpha value is -1.71. The molecular weight excluding hydrogens is 284 g/mol. The molecule has 0 bridgehead atoms. The van der Waals surface area contributed by atoms with Gasteiger partial charge in [-0.1, -0.05) is 30.3 Å². The van der Waals surface area contributed by atoms with Gasteiger partial charge >= 0.3 is 0 Å². The van der Waals surface area contributed by atoms with Crippen LogP contribution in [0.2, 0.25) is 0 Å². The molecule has 2 aromatic rings. The zero-order valence-electron chi connectivity index (χ0n) is 11.9. The molecule has 21 heavy (non-hydrogen) atoms. The van der Waals surface area contributed by atoms with Crippen LogP contribution < -0.4 is 15.8 Å². The summed E-state index contributed by atoms with van der Waals surface area (Å²) in [6.45, 7) is 1.96. The van der Waals surface area contributed by atoms with E-state index in [-0.39, 0.29) is 18.5 Å². The summed E-state index contributed by atoms with van der Waals surface area (Å²) >= 11 is 0. The first-order valence-corrected chi connectivity index (χ1v) is 7.11. The number of hydrogen-bond donors (Lipinski definition) is 2. The molecule has 0 spiro atoms. The molecule has 3 nitrogen and oxygen atoms in total. The molecule has 0 aromatic heterocycles. The molecule has 1 fully saturated rings. The number of nitrogen functional groups attached to an aromatic ring is 1. The number of piperidine rings is 1. The first-order valence-electron chi connectivity index (χ1n) is 7.11. The van der Waals surface area contributed by atoms with Gasteiger partial charge in [0.25, 0.3) is 0 Å². The molecule has 0 unspecified atom stereocenters. The summed E-state index contributed by atoms with van der Waals surface area (Å²) in [5.74, 6) is 1.29. The highest BCUT2D eigenvalue weighted by atomic mass is 35.5. The number of anilines is 1. The molecule has 0 amide bonds. The van der Waals surface area contributed by atoms with E-state index in [1.54, 1.807) is 0 Å². The minimum Gasteiger partial charge on any atom is -0.490 e. The number of halogens is 1. The summed E-state index contributed by atoms with van der Waals surface area (Å²) in [7, 11) is 0. The molecular formula is C17H21ClN2O. The van der Waals surface area contributed by atoms with E-state index >= 15 is 0 Å². The molecule has 0 saturated carbocycles. The Kier molecular flexibility index (Phi) is 5.48. The molecule has 0 aliphatic carbocycles. The van der Waals surface area contributed by atoms with E-state index in [1.807, 2.05) is 24.3 Å². The minimum atomic E-state index is 0. The van der Waals surface area contributed by atoms with E-state index in [1.165, 1.54) is 5.56 Å². The van der Waals surface area contributed by atoms with Gasteiger partial charge in [0, 0.05) is 18.2 Å². The zero-order chi connectivity index (χ0) is 13.8. The van der Waals surface area contributed by atoms with Crippen LogP contribution in [0.15, 0.2) is 54.6 Å². The summed E-state index contributed by atoms with van der Waals surface area (Å²) < 4.78 is 6.18. The summed E-state index contributed by atoms with van der Waals surface area (Å²) in [6, 6.07) is 18.2. The fourth-order valence-corrected chi connectivity index (χ4v) is 2.73. The average molecular weight is 305 g/mol. The lowest BCUT2D eigenvalue weighted by atomic mass is 9.89.